The van der Waals surface area contributed by atoms with Crippen LogP contribution in [0.4, 0.5) is 0 Å². The number of nitrogens with one attached hydrogen (secondary N) is 1. The van der Waals surface area contributed by atoms with Crippen molar-refractivity contribution in [2.75, 3.05) is 14.2 Å². The van der Waals surface area contributed by atoms with Gasteiger partial charge in [0.25, 0.3) is 0 Å². The molecule has 2 aromatic carbocycles. The second-order valence-electron chi connectivity index (χ2n) is 6.36. The first-order valence-electron chi connectivity index (χ1n) is 8.78. The zero-order chi connectivity index (χ0) is 21.9. The first-order valence-corrected chi connectivity index (χ1v) is 10.6. The van der Waals surface area contributed by atoms with Crippen LogP contribution in [0.3, 0.4) is 0 Å². The molecule has 10 heteroatoms. The Balaban J connectivity index is 2.01. The van der Waals surface area contributed by atoms with Crippen LogP contribution in [0.15, 0.2) is 59.8 Å². The first kappa shape index (κ1) is 21.8. The number of carbonyl (C=O) groups excluding carboxylic acids is 1. The minimum Gasteiger partial charge on any atom is -0.497 e. The molecule has 0 aliphatic heterocycles. The zero-order valence-electron chi connectivity index (χ0n) is 16.5. The van der Waals surface area contributed by atoms with Crippen molar-refractivity contribution in [1.29, 1.82) is 0 Å². The lowest BCUT2D eigenvalue weighted by molar-refractivity contribution is 0.0600. The van der Waals surface area contributed by atoms with E-state index in [-0.39, 0.29) is 15.5 Å². The van der Waals surface area contributed by atoms with Crippen molar-refractivity contribution < 1.29 is 22.7 Å². The van der Waals surface area contributed by atoms with Gasteiger partial charge in [0.2, 0.25) is 10.0 Å². The van der Waals surface area contributed by atoms with E-state index < -0.39 is 22.0 Å². The molecular weight excluding hydrogens is 430 g/mol. The van der Waals surface area contributed by atoms with Crippen LogP contribution in [-0.2, 0) is 21.8 Å². The van der Waals surface area contributed by atoms with Crippen LogP contribution in [-0.4, -0.2) is 38.2 Å². The summed E-state index contributed by atoms with van der Waals surface area (Å²) in [6, 6.07) is 10.1. The average Bonchev–Trinajstić information content (AvgIpc) is 3.17. The van der Waals surface area contributed by atoms with Crippen molar-refractivity contribution in [2.24, 2.45) is 7.05 Å². The van der Waals surface area contributed by atoms with Gasteiger partial charge in [-0.1, -0.05) is 23.7 Å². The molecule has 1 N–H and O–H groups in total. The average molecular weight is 450 g/mol. The van der Waals surface area contributed by atoms with Crippen LogP contribution in [0.1, 0.15) is 27.8 Å². The number of aryl methyl sites for hydroxylation is 1. The van der Waals surface area contributed by atoms with Crippen LogP contribution in [0, 0.1) is 0 Å². The number of nitrogens with zero attached hydrogens (tertiary/aromatic N) is 2. The molecule has 0 aliphatic carbocycles. The molecule has 30 heavy (non-hydrogen) atoms. The summed E-state index contributed by atoms with van der Waals surface area (Å²) in [6.45, 7) is 0. The molecule has 0 saturated carbocycles. The number of sulfonamides is 1. The summed E-state index contributed by atoms with van der Waals surface area (Å²) in [4.78, 5) is 15.8. The number of imidazole rings is 1. The molecule has 0 spiro atoms. The second kappa shape index (κ2) is 8.86. The lowest BCUT2D eigenvalue weighted by atomic mass is 10.1. The Bertz CT molecular complexity index is 1160. The maximum absolute atomic E-state index is 13.1. The summed E-state index contributed by atoms with van der Waals surface area (Å²) in [5.41, 5.74) is 0.813. The summed E-state index contributed by atoms with van der Waals surface area (Å²) < 4.78 is 40.5. The third-order valence-electron chi connectivity index (χ3n) is 4.48. The fraction of sp³-hybridized carbons (Fsp3) is 0.200. The minimum absolute atomic E-state index is 0.0984. The number of hydrogen-bond donors (Lipinski definition) is 1. The molecule has 0 amide bonds. The number of hydrogen-bond acceptors (Lipinski definition) is 6. The lowest BCUT2D eigenvalue weighted by Crippen LogP contribution is -2.31. The van der Waals surface area contributed by atoms with E-state index in [2.05, 4.69) is 14.4 Å². The number of ether oxygens (including phenoxy) is 2. The van der Waals surface area contributed by atoms with Crippen LogP contribution < -0.4 is 9.46 Å². The first-order chi connectivity index (χ1) is 14.3. The summed E-state index contributed by atoms with van der Waals surface area (Å²) in [7, 11) is 0.485. The maximum Gasteiger partial charge on any atom is 0.337 e. The highest BCUT2D eigenvalue weighted by Crippen LogP contribution is 2.28. The molecule has 3 aromatic rings. The Kier molecular flexibility index (Phi) is 6.45. The molecule has 0 aliphatic rings. The Morgan fingerprint density at radius 1 is 1.17 bits per heavy atom. The minimum atomic E-state index is -4.06. The highest BCUT2D eigenvalue weighted by molar-refractivity contribution is 7.89. The molecule has 0 fully saturated rings. The fourth-order valence-corrected chi connectivity index (χ4v) is 4.63. The largest absolute Gasteiger partial charge is 0.497 e. The van der Waals surface area contributed by atoms with E-state index in [0.29, 0.717) is 17.1 Å². The van der Waals surface area contributed by atoms with Crippen LogP contribution in [0.2, 0.25) is 5.02 Å². The molecule has 8 nitrogen and oxygen atoms in total. The van der Waals surface area contributed by atoms with E-state index in [9.17, 15) is 13.2 Å². The van der Waals surface area contributed by atoms with E-state index in [1.807, 2.05) is 0 Å². The van der Waals surface area contributed by atoms with Crippen molar-refractivity contribution in [3.63, 3.8) is 0 Å². The van der Waals surface area contributed by atoms with Crippen molar-refractivity contribution >= 4 is 27.6 Å². The third kappa shape index (κ3) is 4.48. The molecule has 1 atom stereocenters. The molecule has 1 aromatic heterocycles. The fourth-order valence-electron chi connectivity index (χ4n) is 2.90. The molecule has 0 saturated heterocycles. The van der Waals surface area contributed by atoms with Gasteiger partial charge in [-0.15, -0.1) is 0 Å². The topological polar surface area (TPSA) is 99.5 Å². The lowest BCUT2D eigenvalue weighted by Gasteiger charge is -2.20. The molecule has 1 heterocycles. The molecule has 0 radical (unpaired) electrons. The standard InChI is InChI=1S/C20H20ClN3O5S/c1-24-11-10-22-19(24)18(13-4-7-15(28-2)8-5-13)23-30(26,27)17-9-6-14(12-16(17)21)20(25)29-3/h4-12,18,23H,1-3H3. The van der Waals surface area contributed by atoms with Crippen LogP contribution in [0.25, 0.3) is 0 Å². The van der Waals surface area contributed by atoms with Gasteiger partial charge >= 0.3 is 5.97 Å². The quantitative estimate of drug-likeness (QED) is 0.557. The zero-order valence-corrected chi connectivity index (χ0v) is 18.1. The van der Waals surface area contributed by atoms with Crippen molar-refractivity contribution in [3.8, 4) is 5.75 Å². The van der Waals surface area contributed by atoms with Crippen molar-refractivity contribution in [1.82, 2.24) is 14.3 Å². The number of rotatable bonds is 7. The predicted molar refractivity (Wildman–Crippen MR) is 111 cm³/mol. The SMILES string of the molecule is COC(=O)c1ccc(S(=O)(=O)NC(c2ccc(OC)cc2)c2nccn2C)c(Cl)c1. The third-order valence-corrected chi connectivity index (χ3v) is 6.39. The molecular formula is C20H20ClN3O5S. The van der Waals surface area contributed by atoms with Gasteiger partial charge in [0.15, 0.2) is 0 Å². The Labute approximate surface area is 179 Å². The summed E-state index contributed by atoms with van der Waals surface area (Å²) in [5.74, 6) is 0.519. The molecule has 158 valence electrons. The Morgan fingerprint density at radius 3 is 2.40 bits per heavy atom. The van der Waals surface area contributed by atoms with Gasteiger partial charge < -0.3 is 14.0 Å². The number of esters is 1. The van der Waals surface area contributed by atoms with Crippen LogP contribution in [0.5, 0.6) is 5.75 Å². The van der Waals surface area contributed by atoms with Gasteiger partial charge in [-0.2, -0.15) is 4.72 Å². The van der Waals surface area contributed by atoms with E-state index in [1.165, 1.54) is 25.3 Å². The second-order valence-corrected chi connectivity index (χ2v) is 8.45. The molecule has 3 rings (SSSR count). The molecule has 0 bridgehead atoms. The van der Waals surface area contributed by atoms with Crippen molar-refractivity contribution in [2.45, 2.75) is 10.9 Å². The number of carbonyl (C=O) groups is 1. The maximum atomic E-state index is 13.1. The van der Waals surface area contributed by atoms with E-state index in [1.54, 1.807) is 55.4 Å². The van der Waals surface area contributed by atoms with Gasteiger partial charge in [0.1, 0.15) is 22.5 Å². The van der Waals surface area contributed by atoms with E-state index in [0.717, 1.165) is 0 Å². The van der Waals surface area contributed by atoms with Gasteiger partial charge in [0.05, 0.1) is 24.8 Å². The number of methoxy groups -OCH3 is 2. The number of aromatic nitrogens is 2. The van der Waals surface area contributed by atoms with Crippen molar-refractivity contribution in [3.05, 3.63) is 76.8 Å². The number of halogens is 1. The number of benzene rings is 2. The summed E-state index contributed by atoms with van der Waals surface area (Å²) in [6.07, 6.45) is 3.30. The van der Waals surface area contributed by atoms with Crippen LogP contribution >= 0.6 is 11.6 Å². The van der Waals surface area contributed by atoms with E-state index in [4.69, 9.17) is 16.3 Å². The van der Waals surface area contributed by atoms with E-state index >= 15 is 0 Å². The van der Waals surface area contributed by atoms with Gasteiger partial charge in [0, 0.05) is 19.4 Å². The summed E-state index contributed by atoms with van der Waals surface area (Å²) >= 11 is 6.18. The Hall–Kier alpha value is -2.88. The predicted octanol–water partition coefficient (Wildman–Crippen LogP) is 2.94. The Morgan fingerprint density at radius 2 is 1.87 bits per heavy atom. The van der Waals surface area contributed by atoms with Gasteiger partial charge in [-0.05, 0) is 35.9 Å². The molecule has 1 unspecified atom stereocenters. The highest BCUT2D eigenvalue weighted by Gasteiger charge is 2.27. The summed E-state index contributed by atoms with van der Waals surface area (Å²) in [5, 5.41) is -0.0984. The normalized spacial score (nSPS) is 12.4. The van der Waals surface area contributed by atoms with Gasteiger partial charge in [-0.3, -0.25) is 0 Å². The van der Waals surface area contributed by atoms with Gasteiger partial charge in [-0.25, -0.2) is 18.2 Å². The monoisotopic (exact) mass is 449 g/mol. The highest BCUT2D eigenvalue weighted by atomic mass is 35.5. The smallest absolute Gasteiger partial charge is 0.337 e.